The van der Waals surface area contributed by atoms with Gasteiger partial charge in [-0.25, -0.2) is 13.2 Å². The van der Waals surface area contributed by atoms with E-state index in [1.54, 1.807) is 6.92 Å². The van der Waals surface area contributed by atoms with Crippen molar-refractivity contribution >= 4 is 23.2 Å². The fraction of sp³-hybridized carbons (Fsp3) is 0.269. The number of carbonyl (C=O) groups excluding carboxylic acids is 2. The first-order valence-electron chi connectivity index (χ1n) is 11.5. The molecule has 0 aliphatic carbocycles. The van der Waals surface area contributed by atoms with Gasteiger partial charge >= 0.3 is 0 Å². The summed E-state index contributed by atoms with van der Waals surface area (Å²) in [5.74, 6) is -2.23. The van der Waals surface area contributed by atoms with Gasteiger partial charge in [-0.15, -0.1) is 0 Å². The third kappa shape index (κ3) is 6.63. The highest BCUT2D eigenvalue weighted by molar-refractivity contribution is 6.06. The van der Waals surface area contributed by atoms with Crippen molar-refractivity contribution in [1.29, 1.82) is 0 Å². The molecule has 2 heterocycles. The van der Waals surface area contributed by atoms with Gasteiger partial charge in [0.05, 0.1) is 42.5 Å². The van der Waals surface area contributed by atoms with E-state index in [1.807, 2.05) is 4.90 Å². The largest absolute Gasteiger partial charge is 0.461 e. The zero-order chi connectivity index (χ0) is 26.4. The molecule has 1 fully saturated rings. The number of carbonyl (C=O) groups is 2. The molecule has 0 spiro atoms. The van der Waals surface area contributed by atoms with Crippen LogP contribution in [-0.4, -0.2) is 60.9 Å². The van der Waals surface area contributed by atoms with Crippen molar-refractivity contribution in [3.05, 3.63) is 71.9 Å². The number of pyridine rings is 1. The second-order valence-electron chi connectivity index (χ2n) is 8.32. The zero-order valence-corrected chi connectivity index (χ0v) is 20.0. The minimum Gasteiger partial charge on any atom is -0.461 e. The number of nitrogens with zero attached hydrogens (tertiary/aromatic N) is 2. The monoisotopic (exact) mass is 514 g/mol. The van der Waals surface area contributed by atoms with E-state index in [0.717, 1.165) is 18.2 Å². The minimum absolute atomic E-state index is 0.0786. The molecule has 1 aromatic heterocycles. The first kappa shape index (κ1) is 26.1. The van der Waals surface area contributed by atoms with Gasteiger partial charge in [0, 0.05) is 30.3 Å². The molecule has 0 radical (unpaired) electrons. The highest BCUT2D eigenvalue weighted by atomic mass is 19.1. The predicted octanol–water partition coefficient (Wildman–Crippen LogP) is 4.24. The predicted molar refractivity (Wildman–Crippen MR) is 131 cm³/mol. The quantitative estimate of drug-likeness (QED) is 0.467. The van der Waals surface area contributed by atoms with Gasteiger partial charge in [0.2, 0.25) is 12.8 Å². The molecule has 4 rings (SSSR count). The molecule has 11 heteroatoms. The third-order valence-electron chi connectivity index (χ3n) is 5.86. The molecule has 1 atom stereocenters. The number of benzene rings is 2. The molecule has 0 saturated carbocycles. The third-order valence-corrected chi connectivity index (χ3v) is 5.86. The number of rotatable bonds is 8. The molecule has 37 heavy (non-hydrogen) atoms. The molecule has 2 N–H and O–H groups in total. The number of nitrogens with one attached hydrogen (secondary N) is 2. The second-order valence-corrected chi connectivity index (χ2v) is 8.32. The van der Waals surface area contributed by atoms with Crippen LogP contribution in [0.4, 0.5) is 24.5 Å². The van der Waals surface area contributed by atoms with Crippen molar-refractivity contribution in [2.45, 2.75) is 13.0 Å². The summed E-state index contributed by atoms with van der Waals surface area (Å²) in [5, 5.41) is 5.39. The molecule has 194 valence electrons. The molecule has 3 aromatic rings. The van der Waals surface area contributed by atoms with Gasteiger partial charge in [-0.05, 0) is 49.4 Å². The van der Waals surface area contributed by atoms with Crippen LogP contribution in [0.2, 0.25) is 0 Å². The van der Waals surface area contributed by atoms with Crippen molar-refractivity contribution in [2.75, 3.05) is 43.8 Å². The van der Waals surface area contributed by atoms with Gasteiger partial charge in [0.1, 0.15) is 17.4 Å². The maximum atomic E-state index is 13.5. The number of anilines is 2. The Morgan fingerprint density at radius 1 is 1.05 bits per heavy atom. The molecule has 1 saturated heterocycles. The van der Waals surface area contributed by atoms with Gasteiger partial charge in [0.15, 0.2) is 0 Å². The molecular weight excluding hydrogens is 489 g/mol. The number of halogens is 3. The van der Waals surface area contributed by atoms with E-state index >= 15 is 0 Å². The summed E-state index contributed by atoms with van der Waals surface area (Å²) in [5.41, 5.74) is 1.24. The molecule has 1 aliphatic rings. The Labute approximate surface area is 211 Å². The maximum Gasteiger partial charge on any atom is 0.255 e. The van der Waals surface area contributed by atoms with Gasteiger partial charge in [-0.2, -0.15) is 0 Å². The molecule has 8 nitrogen and oxygen atoms in total. The highest BCUT2D eigenvalue weighted by Gasteiger charge is 2.24. The maximum absolute atomic E-state index is 13.5. The van der Waals surface area contributed by atoms with Crippen LogP contribution in [0.15, 0.2) is 54.7 Å². The van der Waals surface area contributed by atoms with Crippen LogP contribution in [0.1, 0.15) is 17.3 Å². The van der Waals surface area contributed by atoms with E-state index in [9.17, 15) is 22.8 Å². The average molecular weight is 515 g/mol. The summed E-state index contributed by atoms with van der Waals surface area (Å²) >= 11 is 0. The lowest BCUT2D eigenvalue weighted by Crippen LogP contribution is -2.47. The minimum atomic E-state index is -1.11. The highest BCUT2D eigenvalue weighted by Crippen LogP contribution is 2.27. The molecular formula is C26H25F3N4O4. The van der Waals surface area contributed by atoms with E-state index in [0.29, 0.717) is 37.7 Å². The van der Waals surface area contributed by atoms with Crippen LogP contribution in [0.5, 0.6) is 5.75 Å². The molecule has 2 aromatic carbocycles. The van der Waals surface area contributed by atoms with Crippen LogP contribution >= 0.6 is 0 Å². The average Bonchev–Trinajstić information content (AvgIpc) is 2.89. The molecule has 0 bridgehead atoms. The number of alkyl halides is 1. The molecule has 2 amide bonds. The standard InChI is InChI=1S/C26H25F3N4O4/c1-16(33-6-8-36-9-7-33)25(34)32-23-12-17(2-5-24(23)37-15-27)26(35)31-21-3-4-22(30-14-21)18-10-19(28)13-20(29)11-18/h2-5,10-14,16H,6-9,15H2,1H3,(H,31,35)(H,32,34). The summed E-state index contributed by atoms with van der Waals surface area (Å²) in [6.45, 7) is 2.90. The fourth-order valence-electron chi connectivity index (χ4n) is 3.86. The van der Waals surface area contributed by atoms with Crippen molar-refractivity contribution < 1.29 is 32.2 Å². The van der Waals surface area contributed by atoms with Crippen molar-refractivity contribution in [1.82, 2.24) is 9.88 Å². The first-order valence-corrected chi connectivity index (χ1v) is 11.5. The Morgan fingerprint density at radius 3 is 2.43 bits per heavy atom. The summed E-state index contributed by atoms with van der Waals surface area (Å²) in [6.07, 6.45) is 1.35. The number of ether oxygens (including phenoxy) is 2. The van der Waals surface area contributed by atoms with E-state index in [1.165, 1.54) is 36.5 Å². The Morgan fingerprint density at radius 2 is 1.78 bits per heavy atom. The van der Waals surface area contributed by atoms with Crippen LogP contribution in [0.3, 0.4) is 0 Å². The lowest BCUT2D eigenvalue weighted by Gasteiger charge is -2.31. The van der Waals surface area contributed by atoms with Crippen LogP contribution < -0.4 is 15.4 Å². The summed E-state index contributed by atoms with van der Waals surface area (Å²) in [6, 6.07) is 9.86. The van der Waals surface area contributed by atoms with Crippen LogP contribution in [-0.2, 0) is 9.53 Å². The SMILES string of the molecule is CC(C(=O)Nc1cc(C(=O)Nc2ccc(-c3cc(F)cc(F)c3)nc2)ccc1OCF)N1CCOCC1. The first-order chi connectivity index (χ1) is 17.8. The van der Waals surface area contributed by atoms with Crippen molar-refractivity contribution in [3.63, 3.8) is 0 Å². The number of morpholine rings is 1. The van der Waals surface area contributed by atoms with E-state index in [-0.39, 0.29) is 28.5 Å². The summed E-state index contributed by atoms with van der Waals surface area (Å²) < 4.78 is 50.2. The topological polar surface area (TPSA) is 92.8 Å². The number of aromatic nitrogens is 1. The fourth-order valence-corrected chi connectivity index (χ4v) is 3.86. The number of amides is 2. The number of hydrogen-bond acceptors (Lipinski definition) is 6. The van der Waals surface area contributed by atoms with E-state index in [2.05, 4.69) is 15.6 Å². The Hall–Kier alpha value is -3.96. The van der Waals surface area contributed by atoms with Gasteiger partial charge in [-0.1, -0.05) is 0 Å². The Balaban J connectivity index is 1.47. The van der Waals surface area contributed by atoms with E-state index in [4.69, 9.17) is 9.47 Å². The normalized spacial score (nSPS) is 14.6. The van der Waals surface area contributed by atoms with Crippen LogP contribution in [0, 0.1) is 11.6 Å². The molecule has 1 unspecified atom stereocenters. The number of hydrogen-bond donors (Lipinski definition) is 2. The second kappa shape index (κ2) is 11.8. The Bertz CT molecular complexity index is 1250. The Kier molecular flexibility index (Phi) is 8.36. The smallest absolute Gasteiger partial charge is 0.255 e. The zero-order valence-electron chi connectivity index (χ0n) is 20.0. The summed E-state index contributed by atoms with van der Waals surface area (Å²) in [7, 11) is 0. The lowest BCUT2D eigenvalue weighted by atomic mass is 10.1. The van der Waals surface area contributed by atoms with Gasteiger partial charge in [0.25, 0.3) is 5.91 Å². The van der Waals surface area contributed by atoms with Crippen LogP contribution in [0.25, 0.3) is 11.3 Å². The lowest BCUT2D eigenvalue weighted by molar-refractivity contribution is -0.122. The molecule has 1 aliphatic heterocycles. The van der Waals surface area contributed by atoms with Gasteiger partial charge < -0.3 is 20.1 Å². The van der Waals surface area contributed by atoms with E-state index < -0.39 is 30.4 Å². The summed E-state index contributed by atoms with van der Waals surface area (Å²) in [4.78, 5) is 31.8. The van der Waals surface area contributed by atoms with Crippen molar-refractivity contribution in [3.8, 4) is 17.0 Å². The van der Waals surface area contributed by atoms with Crippen molar-refractivity contribution in [2.24, 2.45) is 0 Å². The van der Waals surface area contributed by atoms with Gasteiger partial charge in [-0.3, -0.25) is 19.5 Å².